The number of nitrogens with two attached hydrogens (primary N) is 1. The van der Waals surface area contributed by atoms with E-state index in [4.69, 9.17) is 5.73 Å². The SMILES string of the molecule is CN(C)C[C@]1(O)CCN(C(=O)c2ccc(-c3cncc(C(N)=O)n3)cc2)C1. The molecule has 1 aliphatic rings. The fourth-order valence-corrected chi connectivity index (χ4v) is 3.34. The number of rotatable bonds is 5. The van der Waals surface area contributed by atoms with Crippen molar-refractivity contribution in [2.45, 2.75) is 12.0 Å². The minimum absolute atomic E-state index is 0.0879. The summed E-state index contributed by atoms with van der Waals surface area (Å²) in [6, 6.07) is 6.92. The Bertz CT molecular complexity index is 853. The van der Waals surface area contributed by atoms with Crippen LogP contribution in [0.25, 0.3) is 11.3 Å². The zero-order valence-corrected chi connectivity index (χ0v) is 15.4. The Kier molecular flexibility index (Phi) is 5.20. The van der Waals surface area contributed by atoms with Crippen molar-refractivity contribution in [3.05, 3.63) is 47.9 Å². The second-order valence-corrected chi connectivity index (χ2v) is 7.17. The molecule has 1 aromatic heterocycles. The molecule has 1 saturated heterocycles. The third kappa shape index (κ3) is 4.29. The molecule has 2 aromatic rings. The summed E-state index contributed by atoms with van der Waals surface area (Å²) in [4.78, 5) is 35.7. The van der Waals surface area contributed by atoms with E-state index >= 15 is 0 Å². The predicted octanol–water partition coefficient (Wildman–Crippen LogP) is 0.381. The summed E-state index contributed by atoms with van der Waals surface area (Å²) in [5.74, 6) is -0.761. The number of likely N-dealkylation sites (tertiary alicyclic amines) is 1. The van der Waals surface area contributed by atoms with Gasteiger partial charge in [0.1, 0.15) is 5.69 Å². The Labute approximate surface area is 157 Å². The van der Waals surface area contributed by atoms with Gasteiger partial charge in [-0.25, -0.2) is 4.98 Å². The molecule has 0 spiro atoms. The number of aromatic nitrogens is 2. The molecular weight excluding hydrogens is 346 g/mol. The quantitative estimate of drug-likeness (QED) is 0.788. The molecule has 1 fully saturated rings. The average molecular weight is 369 g/mol. The first kappa shape index (κ1) is 18.9. The summed E-state index contributed by atoms with van der Waals surface area (Å²) in [5.41, 5.74) is 6.22. The summed E-state index contributed by atoms with van der Waals surface area (Å²) in [6.07, 6.45) is 3.40. The van der Waals surface area contributed by atoms with Crippen LogP contribution in [0.1, 0.15) is 27.3 Å². The van der Waals surface area contributed by atoms with Gasteiger partial charge in [0.15, 0.2) is 0 Å². The van der Waals surface area contributed by atoms with Crippen LogP contribution in [0.5, 0.6) is 0 Å². The first-order valence-corrected chi connectivity index (χ1v) is 8.66. The minimum atomic E-state index is -0.871. The normalized spacial score (nSPS) is 19.5. The smallest absolute Gasteiger partial charge is 0.268 e. The van der Waals surface area contributed by atoms with Gasteiger partial charge in [-0.15, -0.1) is 0 Å². The third-order valence-corrected chi connectivity index (χ3v) is 4.54. The highest BCUT2D eigenvalue weighted by molar-refractivity contribution is 5.95. The van der Waals surface area contributed by atoms with E-state index < -0.39 is 11.5 Å². The van der Waals surface area contributed by atoms with Crippen molar-refractivity contribution < 1.29 is 14.7 Å². The molecule has 1 aromatic carbocycles. The van der Waals surface area contributed by atoms with Gasteiger partial charge in [0.25, 0.3) is 11.8 Å². The predicted molar refractivity (Wildman–Crippen MR) is 100 cm³/mol. The second kappa shape index (κ2) is 7.42. The standard InChI is InChI=1S/C19H23N5O3/c1-23(2)11-19(27)7-8-24(12-19)18(26)14-5-3-13(4-6-14)15-9-21-10-16(22-15)17(20)25/h3-6,9-10,27H,7-8,11-12H2,1-2H3,(H2,20,25)/t19-/m1/s1. The molecule has 1 aliphatic heterocycles. The zero-order valence-electron chi connectivity index (χ0n) is 15.4. The molecule has 2 amide bonds. The van der Waals surface area contributed by atoms with E-state index in [2.05, 4.69) is 9.97 Å². The lowest BCUT2D eigenvalue weighted by molar-refractivity contribution is 0.0236. The van der Waals surface area contributed by atoms with Crippen LogP contribution in [-0.2, 0) is 0 Å². The van der Waals surface area contributed by atoms with Gasteiger partial charge in [-0.2, -0.15) is 0 Å². The van der Waals surface area contributed by atoms with Crippen molar-refractivity contribution in [1.29, 1.82) is 0 Å². The number of β-amino-alcohol motifs (C(OH)–C–C–N with tert-alkyl or cyclic N) is 1. The van der Waals surface area contributed by atoms with E-state index in [1.54, 1.807) is 29.2 Å². The molecule has 1 atom stereocenters. The molecule has 0 bridgehead atoms. The van der Waals surface area contributed by atoms with E-state index in [0.29, 0.717) is 37.3 Å². The van der Waals surface area contributed by atoms with E-state index in [9.17, 15) is 14.7 Å². The van der Waals surface area contributed by atoms with E-state index in [0.717, 1.165) is 5.56 Å². The van der Waals surface area contributed by atoms with E-state index in [1.165, 1.54) is 12.4 Å². The maximum atomic E-state index is 12.7. The summed E-state index contributed by atoms with van der Waals surface area (Å²) in [7, 11) is 3.80. The Morgan fingerprint density at radius 2 is 1.96 bits per heavy atom. The van der Waals surface area contributed by atoms with Crippen molar-refractivity contribution in [2.75, 3.05) is 33.7 Å². The monoisotopic (exact) mass is 369 g/mol. The summed E-state index contributed by atoms with van der Waals surface area (Å²) in [6.45, 7) is 1.36. The molecule has 3 N–H and O–H groups in total. The summed E-state index contributed by atoms with van der Waals surface area (Å²) in [5, 5.41) is 10.6. The largest absolute Gasteiger partial charge is 0.387 e. The lowest BCUT2D eigenvalue weighted by Crippen LogP contribution is -2.43. The lowest BCUT2D eigenvalue weighted by atomic mass is 10.0. The van der Waals surface area contributed by atoms with E-state index in [1.807, 2.05) is 19.0 Å². The Hall–Kier alpha value is -2.84. The fraction of sp³-hybridized carbons (Fsp3) is 0.368. The molecule has 0 radical (unpaired) electrons. The Morgan fingerprint density at radius 1 is 1.26 bits per heavy atom. The minimum Gasteiger partial charge on any atom is -0.387 e. The maximum Gasteiger partial charge on any atom is 0.268 e. The van der Waals surface area contributed by atoms with Crippen molar-refractivity contribution in [3.8, 4) is 11.3 Å². The number of likely N-dealkylation sites (N-methyl/N-ethyl adjacent to an activating group) is 1. The molecule has 0 saturated carbocycles. The maximum absolute atomic E-state index is 12.7. The van der Waals surface area contributed by atoms with Crippen LogP contribution in [0, 0.1) is 0 Å². The van der Waals surface area contributed by atoms with Gasteiger partial charge in [-0.3, -0.25) is 14.6 Å². The van der Waals surface area contributed by atoms with Crippen LogP contribution in [-0.4, -0.2) is 76.0 Å². The summed E-state index contributed by atoms with van der Waals surface area (Å²) >= 11 is 0. The highest BCUT2D eigenvalue weighted by Crippen LogP contribution is 2.24. The second-order valence-electron chi connectivity index (χ2n) is 7.17. The van der Waals surface area contributed by atoms with Crippen LogP contribution >= 0.6 is 0 Å². The zero-order chi connectivity index (χ0) is 19.6. The molecule has 8 nitrogen and oxygen atoms in total. The number of carbonyl (C=O) groups excluding carboxylic acids is 2. The number of carbonyl (C=O) groups is 2. The molecule has 27 heavy (non-hydrogen) atoms. The average Bonchev–Trinajstić information content (AvgIpc) is 3.02. The number of amides is 2. The molecular formula is C19H23N5O3. The number of hydrogen-bond acceptors (Lipinski definition) is 6. The highest BCUT2D eigenvalue weighted by Gasteiger charge is 2.38. The van der Waals surface area contributed by atoms with Gasteiger partial charge >= 0.3 is 0 Å². The highest BCUT2D eigenvalue weighted by atomic mass is 16.3. The Balaban J connectivity index is 1.73. The summed E-state index contributed by atoms with van der Waals surface area (Å²) < 4.78 is 0. The van der Waals surface area contributed by atoms with Crippen LogP contribution in [0.15, 0.2) is 36.7 Å². The van der Waals surface area contributed by atoms with Gasteiger partial charge in [0.05, 0.1) is 30.2 Å². The van der Waals surface area contributed by atoms with Gasteiger partial charge in [0, 0.05) is 24.2 Å². The number of benzene rings is 1. The number of aliphatic hydroxyl groups is 1. The molecule has 3 rings (SSSR count). The molecule has 0 aliphatic carbocycles. The van der Waals surface area contributed by atoms with E-state index in [-0.39, 0.29) is 11.6 Å². The lowest BCUT2D eigenvalue weighted by Gasteiger charge is -2.26. The van der Waals surface area contributed by atoms with Crippen LogP contribution < -0.4 is 5.73 Å². The molecule has 8 heteroatoms. The van der Waals surface area contributed by atoms with Gasteiger partial charge in [-0.05, 0) is 32.6 Å². The van der Waals surface area contributed by atoms with Gasteiger partial charge in [0.2, 0.25) is 0 Å². The van der Waals surface area contributed by atoms with Crippen molar-refractivity contribution >= 4 is 11.8 Å². The first-order chi connectivity index (χ1) is 12.8. The number of nitrogens with zero attached hydrogens (tertiary/aromatic N) is 4. The first-order valence-electron chi connectivity index (χ1n) is 8.66. The Morgan fingerprint density at radius 3 is 2.59 bits per heavy atom. The fourth-order valence-electron chi connectivity index (χ4n) is 3.34. The van der Waals surface area contributed by atoms with Gasteiger partial charge in [-0.1, -0.05) is 12.1 Å². The molecule has 2 heterocycles. The van der Waals surface area contributed by atoms with Crippen LogP contribution in [0.3, 0.4) is 0 Å². The van der Waals surface area contributed by atoms with Crippen LogP contribution in [0.4, 0.5) is 0 Å². The third-order valence-electron chi connectivity index (χ3n) is 4.54. The molecule has 142 valence electrons. The van der Waals surface area contributed by atoms with Crippen molar-refractivity contribution in [2.24, 2.45) is 5.73 Å². The van der Waals surface area contributed by atoms with Gasteiger partial charge < -0.3 is 20.6 Å². The van der Waals surface area contributed by atoms with Crippen molar-refractivity contribution in [3.63, 3.8) is 0 Å². The topological polar surface area (TPSA) is 113 Å². The van der Waals surface area contributed by atoms with Crippen LogP contribution in [0.2, 0.25) is 0 Å². The van der Waals surface area contributed by atoms with Crippen molar-refractivity contribution in [1.82, 2.24) is 19.8 Å². The number of primary amides is 1. The molecule has 0 unspecified atom stereocenters. The number of hydrogen-bond donors (Lipinski definition) is 2.